The smallest absolute Gasteiger partial charge is 0.208 e. The van der Waals surface area contributed by atoms with Gasteiger partial charge < -0.3 is 15.1 Å². The fourth-order valence-electron chi connectivity index (χ4n) is 2.91. The molecular formula is C16H30IN5O3S. The zero-order valence-corrected chi connectivity index (χ0v) is 18.5. The average molecular weight is 499 g/mol. The number of furan rings is 1. The molecule has 26 heavy (non-hydrogen) atoms. The fourth-order valence-corrected chi connectivity index (χ4v) is 3.43. The molecule has 8 nitrogen and oxygen atoms in total. The van der Waals surface area contributed by atoms with Crippen LogP contribution in [0.2, 0.25) is 0 Å². The van der Waals surface area contributed by atoms with Crippen LogP contribution < -0.4 is 15.4 Å². The SMILES string of the molecule is CN=C(NCCCNS(C)(=O)=O)NCC(c1ccco1)N1CCCC1.I. The zero-order valence-electron chi connectivity index (χ0n) is 15.4. The van der Waals surface area contributed by atoms with E-state index in [9.17, 15) is 8.42 Å². The van der Waals surface area contributed by atoms with E-state index in [0.29, 0.717) is 32.0 Å². The molecule has 0 aromatic carbocycles. The molecule has 1 aliphatic rings. The van der Waals surface area contributed by atoms with Crippen LogP contribution in [-0.2, 0) is 10.0 Å². The molecule has 1 fully saturated rings. The minimum Gasteiger partial charge on any atom is -0.468 e. The summed E-state index contributed by atoms with van der Waals surface area (Å²) in [4.78, 5) is 6.65. The largest absolute Gasteiger partial charge is 0.468 e. The number of hydrogen-bond donors (Lipinski definition) is 3. The van der Waals surface area contributed by atoms with Crippen molar-refractivity contribution in [2.24, 2.45) is 4.99 Å². The van der Waals surface area contributed by atoms with Gasteiger partial charge in [-0.25, -0.2) is 13.1 Å². The Hall–Kier alpha value is -0.850. The van der Waals surface area contributed by atoms with Gasteiger partial charge in [0.05, 0.1) is 18.6 Å². The van der Waals surface area contributed by atoms with Crippen molar-refractivity contribution in [3.05, 3.63) is 24.2 Å². The first-order chi connectivity index (χ1) is 12.0. The Morgan fingerprint density at radius 3 is 2.62 bits per heavy atom. The van der Waals surface area contributed by atoms with E-state index < -0.39 is 10.0 Å². The quantitative estimate of drug-likeness (QED) is 0.204. The molecule has 0 radical (unpaired) electrons. The summed E-state index contributed by atoms with van der Waals surface area (Å²) in [6.07, 6.45) is 5.99. The molecule has 1 atom stereocenters. The summed E-state index contributed by atoms with van der Waals surface area (Å²) in [7, 11) is -1.40. The molecular weight excluding hydrogens is 469 g/mol. The maximum atomic E-state index is 11.0. The minimum atomic E-state index is -3.13. The van der Waals surface area contributed by atoms with E-state index in [1.54, 1.807) is 13.3 Å². The lowest BCUT2D eigenvalue weighted by Gasteiger charge is -2.26. The van der Waals surface area contributed by atoms with Crippen molar-refractivity contribution in [3.8, 4) is 0 Å². The van der Waals surface area contributed by atoms with Crippen molar-refractivity contribution in [2.75, 3.05) is 46.0 Å². The standard InChI is InChI=1S/C16H29N5O3S.HI/c1-17-16(18-8-6-9-20-25(2,22)23)19-13-14(15-7-5-12-24-15)21-10-3-4-11-21;/h5,7,12,14,20H,3-4,6,8-11,13H2,1-2H3,(H2,17,18,19);1H. The second-order valence-electron chi connectivity index (χ2n) is 6.17. The number of guanidine groups is 1. The first kappa shape index (κ1) is 23.2. The molecule has 2 rings (SSSR count). The van der Waals surface area contributed by atoms with Crippen molar-refractivity contribution < 1.29 is 12.8 Å². The first-order valence-electron chi connectivity index (χ1n) is 8.66. The number of likely N-dealkylation sites (tertiary alicyclic amines) is 1. The summed E-state index contributed by atoms with van der Waals surface area (Å²) in [5.41, 5.74) is 0. The third-order valence-electron chi connectivity index (χ3n) is 4.15. The molecule has 150 valence electrons. The Morgan fingerprint density at radius 2 is 2.04 bits per heavy atom. The zero-order chi connectivity index (χ0) is 18.1. The van der Waals surface area contributed by atoms with Crippen LogP contribution >= 0.6 is 24.0 Å². The molecule has 0 spiro atoms. The molecule has 3 N–H and O–H groups in total. The highest BCUT2D eigenvalue weighted by Crippen LogP contribution is 2.24. The van der Waals surface area contributed by atoms with Gasteiger partial charge in [-0.05, 0) is 44.5 Å². The Balaban J connectivity index is 0.00000338. The molecule has 1 aliphatic heterocycles. The van der Waals surface area contributed by atoms with E-state index in [4.69, 9.17) is 4.42 Å². The normalized spacial score (nSPS) is 16.9. The van der Waals surface area contributed by atoms with Crippen LogP contribution in [0.4, 0.5) is 0 Å². The highest BCUT2D eigenvalue weighted by molar-refractivity contribution is 14.0. The summed E-state index contributed by atoms with van der Waals surface area (Å²) in [5.74, 6) is 1.66. The van der Waals surface area contributed by atoms with Gasteiger partial charge in [-0.3, -0.25) is 9.89 Å². The van der Waals surface area contributed by atoms with Crippen LogP contribution in [0.3, 0.4) is 0 Å². The fraction of sp³-hybridized carbons (Fsp3) is 0.688. The summed E-state index contributed by atoms with van der Waals surface area (Å²) >= 11 is 0. The lowest BCUT2D eigenvalue weighted by atomic mass is 10.2. The summed E-state index contributed by atoms with van der Waals surface area (Å²) in [5, 5.41) is 6.54. The summed E-state index contributed by atoms with van der Waals surface area (Å²) < 4.78 is 30.1. The molecule has 0 saturated carbocycles. The molecule has 10 heteroatoms. The van der Waals surface area contributed by atoms with Crippen molar-refractivity contribution in [3.63, 3.8) is 0 Å². The van der Waals surface area contributed by atoms with E-state index in [1.807, 2.05) is 12.1 Å². The van der Waals surface area contributed by atoms with E-state index in [0.717, 1.165) is 25.1 Å². The highest BCUT2D eigenvalue weighted by Gasteiger charge is 2.25. The van der Waals surface area contributed by atoms with Crippen molar-refractivity contribution in [2.45, 2.75) is 25.3 Å². The second-order valence-corrected chi connectivity index (χ2v) is 8.01. The van der Waals surface area contributed by atoms with Gasteiger partial charge in [-0.2, -0.15) is 0 Å². The van der Waals surface area contributed by atoms with Gasteiger partial charge in [0.1, 0.15) is 5.76 Å². The Bertz CT molecular complexity index is 630. The maximum Gasteiger partial charge on any atom is 0.208 e. The van der Waals surface area contributed by atoms with Crippen LogP contribution in [0.15, 0.2) is 27.8 Å². The van der Waals surface area contributed by atoms with E-state index in [1.165, 1.54) is 12.8 Å². The number of nitrogens with zero attached hydrogens (tertiary/aromatic N) is 2. The van der Waals surface area contributed by atoms with E-state index >= 15 is 0 Å². The van der Waals surface area contributed by atoms with E-state index in [-0.39, 0.29) is 30.0 Å². The van der Waals surface area contributed by atoms with Gasteiger partial charge in [0, 0.05) is 26.7 Å². The first-order valence-corrected chi connectivity index (χ1v) is 10.6. The monoisotopic (exact) mass is 499 g/mol. The van der Waals surface area contributed by atoms with Gasteiger partial charge in [0.15, 0.2) is 5.96 Å². The van der Waals surface area contributed by atoms with Gasteiger partial charge in [-0.15, -0.1) is 24.0 Å². The van der Waals surface area contributed by atoms with Gasteiger partial charge in [0.2, 0.25) is 10.0 Å². The van der Waals surface area contributed by atoms with Gasteiger partial charge in [0.25, 0.3) is 0 Å². The minimum absolute atomic E-state index is 0. The number of hydrogen-bond acceptors (Lipinski definition) is 5. The van der Waals surface area contributed by atoms with Crippen molar-refractivity contribution in [1.82, 2.24) is 20.3 Å². The molecule has 2 heterocycles. The molecule has 1 aromatic heterocycles. The van der Waals surface area contributed by atoms with Crippen molar-refractivity contribution in [1.29, 1.82) is 0 Å². The van der Waals surface area contributed by atoms with Crippen LogP contribution in [0.1, 0.15) is 31.1 Å². The van der Waals surface area contributed by atoms with Crippen molar-refractivity contribution >= 4 is 40.0 Å². The molecule has 1 aromatic rings. The number of aliphatic imine (C=N–C) groups is 1. The Labute approximate surface area is 173 Å². The number of sulfonamides is 1. The predicted octanol–water partition coefficient (Wildman–Crippen LogP) is 1.14. The predicted molar refractivity (Wildman–Crippen MR) is 114 cm³/mol. The van der Waals surface area contributed by atoms with Crippen LogP contribution in [0, 0.1) is 0 Å². The average Bonchev–Trinajstić information content (AvgIpc) is 3.26. The molecule has 0 amide bonds. The lowest BCUT2D eigenvalue weighted by molar-refractivity contribution is 0.215. The number of nitrogens with one attached hydrogen (secondary N) is 3. The number of halogens is 1. The van der Waals surface area contributed by atoms with Crippen LogP contribution in [-0.4, -0.2) is 65.3 Å². The third kappa shape index (κ3) is 8.23. The van der Waals surface area contributed by atoms with Crippen LogP contribution in [0.25, 0.3) is 0 Å². The van der Waals surface area contributed by atoms with Gasteiger partial charge >= 0.3 is 0 Å². The number of rotatable bonds is 9. The van der Waals surface area contributed by atoms with Gasteiger partial charge in [-0.1, -0.05) is 0 Å². The molecule has 0 aliphatic carbocycles. The molecule has 1 unspecified atom stereocenters. The Kier molecular flexibility index (Phi) is 10.5. The lowest BCUT2D eigenvalue weighted by Crippen LogP contribution is -2.43. The summed E-state index contributed by atoms with van der Waals surface area (Å²) in [6.45, 7) is 3.91. The third-order valence-corrected chi connectivity index (χ3v) is 4.88. The molecule has 0 bridgehead atoms. The second kappa shape index (κ2) is 11.8. The Morgan fingerprint density at radius 1 is 1.31 bits per heavy atom. The topological polar surface area (TPSA) is 99.0 Å². The van der Waals surface area contributed by atoms with Crippen LogP contribution in [0.5, 0.6) is 0 Å². The maximum absolute atomic E-state index is 11.0. The van der Waals surface area contributed by atoms with E-state index in [2.05, 4.69) is 25.2 Å². The molecule has 1 saturated heterocycles. The highest BCUT2D eigenvalue weighted by atomic mass is 127. The summed E-state index contributed by atoms with van der Waals surface area (Å²) in [6, 6.07) is 4.11.